The fourth-order valence-corrected chi connectivity index (χ4v) is 1.69. The molecule has 0 radical (unpaired) electrons. The van der Waals surface area contributed by atoms with Crippen molar-refractivity contribution >= 4 is 29.0 Å². The van der Waals surface area contributed by atoms with Crippen molar-refractivity contribution in [2.45, 2.75) is 6.54 Å². The summed E-state index contributed by atoms with van der Waals surface area (Å²) in [6.45, 7) is 0.259. The molecule has 0 bridgehead atoms. The predicted octanol–water partition coefficient (Wildman–Crippen LogP) is 3.28. The molecule has 0 fully saturated rings. The fraction of sp³-hybridized carbons (Fsp3) is 0.0833. The molecule has 0 saturated carbocycles. The maximum atomic E-state index is 12.0. The first-order chi connectivity index (χ1) is 8.11. The molecule has 0 aliphatic rings. The molecule has 17 heavy (non-hydrogen) atoms. The summed E-state index contributed by atoms with van der Waals surface area (Å²) in [5.41, 5.74) is 5.83. The van der Waals surface area contributed by atoms with Gasteiger partial charge in [0.1, 0.15) is 5.76 Å². The third-order valence-corrected chi connectivity index (χ3v) is 3.01. The maximum absolute atomic E-state index is 12.0. The molecule has 5 heteroatoms. The Kier molecular flexibility index (Phi) is 3.52. The van der Waals surface area contributed by atoms with Gasteiger partial charge < -0.3 is 10.2 Å². The van der Waals surface area contributed by atoms with Gasteiger partial charge in [-0.1, -0.05) is 23.2 Å². The molecular formula is C12H9Cl2NO2. The number of nitrogens with two attached hydrogens (primary N) is 1. The Hall–Kier alpha value is -1.29. The molecule has 1 aromatic heterocycles. The van der Waals surface area contributed by atoms with E-state index in [0.29, 0.717) is 21.4 Å². The third-order valence-electron chi connectivity index (χ3n) is 2.27. The SMILES string of the molecule is NCc1ccc(C(=O)c2ccc(Cl)c(Cl)c2)o1. The van der Waals surface area contributed by atoms with Crippen LogP contribution in [0.1, 0.15) is 21.9 Å². The van der Waals surface area contributed by atoms with E-state index in [1.54, 1.807) is 24.3 Å². The minimum atomic E-state index is -0.247. The van der Waals surface area contributed by atoms with Crippen LogP contribution >= 0.6 is 23.2 Å². The number of rotatable bonds is 3. The Morgan fingerprint density at radius 1 is 1.18 bits per heavy atom. The van der Waals surface area contributed by atoms with Crippen molar-refractivity contribution in [3.05, 3.63) is 57.5 Å². The van der Waals surface area contributed by atoms with Gasteiger partial charge >= 0.3 is 0 Å². The number of benzene rings is 1. The standard InChI is InChI=1S/C12H9Cl2NO2/c13-9-3-1-7(5-10(9)14)12(16)11-4-2-8(6-15)17-11/h1-5H,6,15H2. The molecule has 0 amide bonds. The summed E-state index contributed by atoms with van der Waals surface area (Å²) in [4.78, 5) is 12.0. The van der Waals surface area contributed by atoms with Crippen molar-refractivity contribution in [3.8, 4) is 0 Å². The van der Waals surface area contributed by atoms with E-state index in [2.05, 4.69) is 0 Å². The highest BCUT2D eigenvalue weighted by atomic mass is 35.5. The normalized spacial score (nSPS) is 10.5. The Labute approximate surface area is 108 Å². The van der Waals surface area contributed by atoms with E-state index < -0.39 is 0 Å². The van der Waals surface area contributed by atoms with Crippen LogP contribution in [-0.2, 0) is 6.54 Å². The predicted molar refractivity (Wildman–Crippen MR) is 66.5 cm³/mol. The lowest BCUT2D eigenvalue weighted by molar-refractivity contribution is 0.101. The molecule has 1 heterocycles. The first-order valence-electron chi connectivity index (χ1n) is 4.90. The average molecular weight is 270 g/mol. The summed E-state index contributed by atoms with van der Waals surface area (Å²) in [6, 6.07) is 7.94. The summed E-state index contributed by atoms with van der Waals surface area (Å²) in [5.74, 6) is 0.556. The molecule has 1 aromatic carbocycles. The van der Waals surface area contributed by atoms with E-state index in [9.17, 15) is 4.79 Å². The molecular weight excluding hydrogens is 261 g/mol. The van der Waals surface area contributed by atoms with Crippen LogP contribution < -0.4 is 5.73 Å². The van der Waals surface area contributed by atoms with Crippen LogP contribution in [0.25, 0.3) is 0 Å². The summed E-state index contributed by atoms with van der Waals surface area (Å²) >= 11 is 11.6. The Bertz CT molecular complexity index is 563. The molecule has 0 spiro atoms. The van der Waals surface area contributed by atoms with Crippen molar-refractivity contribution in [3.63, 3.8) is 0 Å². The van der Waals surface area contributed by atoms with Gasteiger partial charge in [0, 0.05) is 5.56 Å². The summed E-state index contributed by atoms with van der Waals surface area (Å²) in [5, 5.41) is 0.744. The number of furan rings is 1. The lowest BCUT2D eigenvalue weighted by Gasteiger charge is -2.00. The zero-order valence-corrected chi connectivity index (χ0v) is 10.3. The first-order valence-corrected chi connectivity index (χ1v) is 5.66. The molecule has 0 aliphatic heterocycles. The van der Waals surface area contributed by atoms with E-state index >= 15 is 0 Å². The largest absolute Gasteiger partial charge is 0.456 e. The molecule has 88 valence electrons. The summed E-state index contributed by atoms with van der Waals surface area (Å²) in [6.07, 6.45) is 0. The van der Waals surface area contributed by atoms with Crippen LogP contribution in [0.3, 0.4) is 0 Å². The van der Waals surface area contributed by atoms with Gasteiger partial charge in [0.25, 0.3) is 0 Å². The lowest BCUT2D eigenvalue weighted by atomic mass is 10.1. The van der Waals surface area contributed by atoms with Crippen LogP contribution in [0.15, 0.2) is 34.7 Å². The van der Waals surface area contributed by atoms with Crippen LogP contribution in [0.2, 0.25) is 10.0 Å². The second kappa shape index (κ2) is 4.92. The van der Waals surface area contributed by atoms with Crippen molar-refractivity contribution < 1.29 is 9.21 Å². The third kappa shape index (κ3) is 2.52. The molecule has 2 N–H and O–H groups in total. The molecule has 0 unspecified atom stereocenters. The molecule has 3 nitrogen and oxygen atoms in total. The second-order valence-electron chi connectivity index (χ2n) is 3.43. The number of carbonyl (C=O) groups excluding carboxylic acids is 1. The van der Waals surface area contributed by atoms with Gasteiger partial charge in [0.05, 0.1) is 16.6 Å². The number of ketones is 1. The van der Waals surface area contributed by atoms with Gasteiger partial charge in [-0.25, -0.2) is 0 Å². The van der Waals surface area contributed by atoms with E-state index in [1.165, 1.54) is 6.07 Å². The molecule has 2 rings (SSSR count). The van der Waals surface area contributed by atoms with Gasteiger partial charge in [-0.2, -0.15) is 0 Å². The van der Waals surface area contributed by atoms with Crippen molar-refractivity contribution in [2.24, 2.45) is 5.73 Å². The van der Waals surface area contributed by atoms with Crippen LogP contribution in [0.5, 0.6) is 0 Å². The Balaban J connectivity index is 2.33. The zero-order valence-electron chi connectivity index (χ0n) is 8.74. The highest BCUT2D eigenvalue weighted by Crippen LogP contribution is 2.24. The molecule has 2 aromatic rings. The molecule has 0 saturated heterocycles. The van der Waals surface area contributed by atoms with Gasteiger partial charge in [-0.3, -0.25) is 4.79 Å². The van der Waals surface area contributed by atoms with Gasteiger partial charge in [-0.15, -0.1) is 0 Å². The fourth-order valence-electron chi connectivity index (χ4n) is 1.39. The summed E-state index contributed by atoms with van der Waals surface area (Å²) in [7, 11) is 0. The van der Waals surface area contributed by atoms with E-state index in [-0.39, 0.29) is 18.1 Å². The minimum Gasteiger partial charge on any atom is -0.456 e. The smallest absolute Gasteiger partial charge is 0.228 e. The van der Waals surface area contributed by atoms with Crippen LogP contribution in [-0.4, -0.2) is 5.78 Å². The van der Waals surface area contributed by atoms with E-state index in [4.69, 9.17) is 33.4 Å². The van der Waals surface area contributed by atoms with Crippen molar-refractivity contribution in [2.75, 3.05) is 0 Å². The summed E-state index contributed by atoms with van der Waals surface area (Å²) < 4.78 is 5.27. The zero-order chi connectivity index (χ0) is 12.4. The van der Waals surface area contributed by atoms with E-state index in [0.717, 1.165) is 0 Å². The average Bonchev–Trinajstić information content (AvgIpc) is 2.80. The molecule has 0 aliphatic carbocycles. The van der Waals surface area contributed by atoms with Gasteiger partial charge in [0.15, 0.2) is 5.76 Å². The molecule has 0 atom stereocenters. The maximum Gasteiger partial charge on any atom is 0.228 e. The van der Waals surface area contributed by atoms with Crippen LogP contribution in [0.4, 0.5) is 0 Å². The highest BCUT2D eigenvalue weighted by Gasteiger charge is 2.14. The highest BCUT2D eigenvalue weighted by molar-refractivity contribution is 6.42. The van der Waals surface area contributed by atoms with Crippen LogP contribution in [0, 0.1) is 0 Å². The second-order valence-corrected chi connectivity index (χ2v) is 4.24. The minimum absolute atomic E-state index is 0.240. The van der Waals surface area contributed by atoms with Gasteiger partial charge in [-0.05, 0) is 30.3 Å². The number of hydrogen-bond acceptors (Lipinski definition) is 3. The Morgan fingerprint density at radius 3 is 2.53 bits per heavy atom. The topological polar surface area (TPSA) is 56.2 Å². The number of hydrogen-bond donors (Lipinski definition) is 1. The first kappa shape index (κ1) is 12.2. The monoisotopic (exact) mass is 269 g/mol. The van der Waals surface area contributed by atoms with Crippen molar-refractivity contribution in [1.29, 1.82) is 0 Å². The number of halogens is 2. The Morgan fingerprint density at radius 2 is 1.94 bits per heavy atom. The van der Waals surface area contributed by atoms with Gasteiger partial charge in [0.2, 0.25) is 5.78 Å². The lowest BCUT2D eigenvalue weighted by Crippen LogP contribution is -2.00. The van der Waals surface area contributed by atoms with E-state index in [1.807, 2.05) is 0 Å². The van der Waals surface area contributed by atoms with Crippen molar-refractivity contribution in [1.82, 2.24) is 0 Å². The number of carbonyl (C=O) groups is 1. The quantitative estimate of drug-likeness (QED) is 0.871.